The van der Waals surface area contributed by atoms with Gasteiger partial charge in [0, 0.05) is 25.8 Å². The number of aromatic carboxylic acids is 1. The van der Waals surface area contributed by atoms with E-state index < -0.39 is 46.5 Å². The molecule has 2 aliphatic rings. The van der Waals surface area contributed by atoms with E-state index in [4.69, 9.17) is 0 Å². The Kier molecular flexibility index (Phi) is 5.00. The van der Waals surface area contributed by atoms with Crippen LogP contribution in [0.4, 0.5) is 13.2 Å². The number of pyridine rings is 1. The molecular formula is C20H18F3N3O5. The molecule has 2 N–H and O–H groups in total. The molecule has 1 aromatic carbocycles. The van der Waals surface area contributed by atoms with Gasteiger partial charge in [-0.2, -0.15) is 13.2 Å². The summed E-state index contributed by atoms with van der Waals surface area (Å²) >= 11 is 0. The lowest BCUT2D eigenvalue weighted by Crippen LogP contribution is -2.60. The minimum Gasteiger partial charge on any atom is -0.503 e. The Morgan fingerprint density at radius 3 is 2.42 bits per heavy atom. The summed E-state index contributed by atoms with van der Waals surface area (Å²) in [5.41, 5.74) is -2.15. The Balaban J connectivity index is 1.65. The van der Waals surface area contributed by atoms with Crippen molar-refractivity contribution in [1.82, 2.24) is 14.4 Å². The van der Waals surface area contributed by atoms with Crippen LogP contribution < -0.4 is 5.43 Å². The molecule has 1 fully saturated rings. The highest BCUT2D eigenvalue weighted by atomic mass is 19.4. The smallest absolute Gasteiger partial charge is 0.416 e. The van der Waals surface area contributed by atoms with Crippen LogP contribution in [0.2, 0.25) is 0 Å². The molecule has 4 rings (SSSR count). The second-order valence-electron chi connectivity index (χ2n) is 7.52. The summed E-state index contributed by atoms with van der Waals surface area (Å²) < 4.78 is 39.6. The highest BCUT2D eigenvalue weighted by Gasteiger charge is 2.40. The number of hydrogen-bond acceptors (Lipinski definition) is 5. The van der Waals surface area contributed by atoms with Crippen LogP contribution in [0.5, 0.6) is 5.75 Å². The molecule has 1 saturated heterocycles. The van der Waals surface area contributed by atoms with E-state index in [9.17, 15) is 37.8 Å². The van der Waals surface area contributed by atoms with Crippen molar-refractivity contribution in [3.05, 3.63) is 63.1 Å². The minimum atomic E-state index is -4.43. The number of aromatic nitrogens is 1. The number of amides is 1. The van der Waals surface area contributed by atoms with Crippen molar-refractivity contribution in [3.63, 3.8) is 0 Å². The largest absolute Gasteiger partial charge is 0.503 e. The summed E-state index contributed by atoms with van der Waals surface area (Å²) in [6, 6.07) is 4.76. The molecule has 1 atom stereocenters. The molecule has 2 aliphatic heterocycles. The summed E-state index contributed by atoms with van der Waals surface area (Å²) in [5.74, 6) is -3.01. The number of hydrogen-bond donors (Lipinski definition) is 2. The first-order valence-corrected chi connectivity index (χ1v) is 9.49. The van der Waals surface area contributed by atoms with E-state index in [-0.39, 0.29) is 18.8 Å². The zero-order chi connectivity index (χ0) is 22.5. The quantitative estimate of drug-likeness (QED) is 0.761. The summed E-state index contributed by atoms with van der Waals surface area (Å²) in [4.78, 5) is 39.8. The lowest BCUT2D eigenvalue weighted by Gasteiger charge is -2.47. The lowest BCUT2D eigenvalue weighted by molar-refractivity contribution is -0.137. The number of carboxylic acid groups (broad SMARTS) is 1. The number of aromatic hydroxyl groups is 1. The van der Waals surface area contributed by atoms with Crippen molar-refractivity contribution in [1.29, 1.82) is 0 Å². The SMILES string of the molecule is O=C(O)c1cn2c(c(O)c1=O)C(=O)N1CCCN(Cc3ccc(C(F)(F)F)cc3)C1C2. The van der Waals surface area contributed by atoms with Gasteiger partial charge in [-0.05, 0) is 24.1 Å². The maximum Gasteiger partial charge on any atom is 0.416 e. The molecule has 8 nitrogen and oxygen atoms in total. The summed E-state index contributed by atoms with van der Waals surface area (Å²) in [6.07, 6.45) is -3.29. The van der Waals surface area contributed by atoms with E-state index in [1.807, 2.05) is 4.90 Å². The van der Waals surface area contributed by atoms with Gasteiger partial charge in [-0.15, -0.1) is 0 Å². The number of benzene rings is 1. The first-order chi connectivity index (χ1) is 14.6. The van der Waals surface area contributed by atoms with E-state index in [1.54, 1.807) is 0 Å². The molecule has 11 heteroatoms. The number of rotatable bonds is 3. The van der Waals surface area contributed by atoms with Gasteiger partial charge < -0.3 is 19.7 Å². The van der Waals surface area contributed by atoms with Crippen LogP contribution in [0, 0.1) is 0 Å². The predicted molar refractivity (Wildman–Crippen MR) is 101 cm³/mol. The Morgan fingerprint density at radius 1 is 1.13 bits per heavy atom. The van der Waals surface area contributed by atoms with Crippen molar-refractivity contribution in [2.45, 2.75) is 31.9 Å². The molecular weight excluding hydrogens is 419 g/mol. The van der Waals surface area contributed by atoms with Crippen molar-refractivity contribution in [2.24, 2.45) is 0 Å². The maximum atomic E-state index is 13.0. The average molecular weight is 437 g/mol. The van der Waals surface area contributed by atoms with E-state index in [1.165, 1.54) is 21.6 Å². The van der Waals surface area contributed by atoms with Gasteiger partial charge >= 0.3 is 12.1 Å². The normalized spacial score (nSPS) is 19.1. The molecule has 3 heterocycles. The van der Waals surface area contributed by atoms with Crippen molar-refractivity contribution in [2.75, 3.05) is 13.1 Å². The van der Waals surface area contributed by atoms with Crippen LogP contribution in [0.3, 0.4) is 0 Å². The zero-order valence-electron chi connectivity index (χ0n) is 16.1. The average Bonchev–Trinajstić information content (AvgIpc) is 2.70. The van der Waals surface area contributed by atoms with Gasteiger partial charge in [0.2, 0.25) is 5.43 Å². The zero-order valence-corrected chi connectivity index (χ0v) is 16.1. The van der Waals surface area contributed by atoms with Crippen LogP contribution in [-0.2, 0) is 19.3 Å². The number of carbonyl (C=O) groups is 2. The van der Waals surface area contributed by atoms with Gasteiger partial charge in [0.1, 0.15) is 11.7 Å². The molecule has 0 radical (unpaired) electrons. The van der Waals surface area contributed by atoms with Gasteiger partial charge in [-0.3, -0.25) is 14.5 Å². The van der Waals surface area contributed by atoms with Gasteiger partial charge in [0.25, 0.3) is 5.91 Å². The van der Waals surface area contributed by atoms with E-state index in [0.29, 0.717) is 25.1 Å². The number of fused-ring (bicyclic) bond motifs is 2. The Labute approximate surface area is 173 Å². The number of carboxylic acids is 1. The minimum absolute atomic E-state index is 0.107. The molecule has 1 unspecified atom stereocenters. The van der Waals surface area contributed by atoms with E-state index in [2.05, 4.69) is 0 Å². The van der Waals surface area contributed by atoms with E-state index in [0.717, 1.165) is 18.3 Å². The number of nitrogens with zero attached hydrogens (tertiary/aromatic N) is 3. The molecule has 164 valence electrons. The highest BCUT2D eigenvalue weighted by molar-refractivity contribution is 5.97. The Hall–Kier alpha value is -3.34. The molecule has 0 spiro atoms. The van der Waals surface area contributed by atoms with Gasteiger partial charge in [-0.1, -0.05) is 12.1 Å². The van der Waals surface area contributed by atoms with E-state index >= 15 is 0 Å². The molecule has 2 aromatic rings. The number of carbonyl (C=O) groups excluding carboxylic acids is 1. The number of halogens is 3. The predicted octanol–water partition coefficient (Wildman–Crippen LogP) is 1.96. The molecule has 1 aromatic heterocycles. The second kappa shape index (κ2) is 7.41. The van der Waals surface area contributed by atoms with Gasteiger partial charge in [-0.25, -0.2) is 4.79 Å². The molecule has 31 heavy (non-hydrogen) atoms. The fraction of sp³-hybridized carbons (Fsp3) is 0.350. The molecule has 0 aliphatic carbocycles. The van der Waals surface area contributed by atoms with Crippen molar-refractivity contribution >= 4 is 11.9 Å². The summed E-state index contributed by atoms with van der Waals surface area (Å²) in [6.45, 7) is 1.33. The fourth-order valence-corrected chi connectivity index (χ4v) is 4.09. The monoisotopic (exact) mass is 437 g/mol. The van der Waals surface area contributed by atoms with Crippen molar-refractivity contribution in [3.8, 4) is 5.75 Å². The van der Waals surface area contributed by atoms with Crippen LogP contribution >= 0.6 is 0 Å². The molecule has 1 amide bonds. The van der Waals surface area contributed by atoms with Gasteiger partial charge in [0.05, 0.1) is 12.1 Å². The summed E-state index contributed by atoms with van der Waals surface area (Å²) in [7, 11) is 0. The fourth-order valence-electron chi connectivity index (χ4n) is 4.09. The number of alkyl halides is 3. The van der Waals surface area contributed by atoms with Crippen LogP contribution in [0.25, 0.3) is 0 Å². The Morgan fingerprint density at radius 2 is 1.81 bits per heavy atom. The third-order valence-corrected chi connectivity index (χ3v) is 5.60. The highest BCUT2D eigenvalue weighted by Crippen LogP contribution is 2.31. The van der Waals surface area contributed by atoms with Crippen molar-refractivity contribution < 1.29 is 33.0 Å². The van der Waals surface area contributed by atoms with Crippen LogP contribution in [0.15, 0.2) is 35.3 Å². The first-order valence-electron chi connectivity index (χ1n) is 9.49. The second-order valence-corrected chi connectivity index (χ2v) is 7.52. The Bertz CT molecular complexity index is 1110. The standard InChI is InChI=1S/C20H18F3N3O5/c21-20(22,23)12-4-2-11(3-5-12)8-24-6-1-7-26-14(24)10-25-9-13(19(30)31)16(27)17(28)15(25)18(26)29/h2-5,9,14,28H,1,6-8,10H2,(H,30,31). The third-order valence-electron chi connectivity index (χ3n) is 5.60. The lowest BCUT2D eigenvalue weighted by atomic mass is 10.1. The summed E-state index contributed by atoms with van der Waals surface area (Å²) in [5, 5.41) is 19.4. The van der Waals surface area contributed by atoms with Gasteiger partial charge in [0.15, 0.2) is 11.4 Å². The molecule has 0 bridgehead atoms. The molecule has 0 saturated carbocycles. The topological polar surface area (TPSA) is 103 Å². The maximum absolute atomic E-state index is 13.0. The third kappa shape index (κ3) is 3.65. The van der Waals surface area contributed by atoms with Crippen LogP contribution in [0.1, 0.15) is 38.4 Å². The van der Waals surface area contributed by atoms with Crippen LogP contribution in [-0.4, -0.2) is 55.7 Å². The first kappa shape index (κ1) is 20.9.